The van der Waals surface area contributed by atoms with E-state index in [1.165, 1.54) is 16.5 Å². The average molecular weight is 359 g/mol. The molecule has 1 N–H and O–H groups in total. The lowest BCUT2D eigenvalue weighted by Gasteiger charge is -2.35. The van der Waals surface area contributed by atoms with Gasteiger partial charge in [0, 0.05) is 48.8 Å². The minimum absolute atomic E-state index is 0.450. The monoisotopic (exact) mass is 359 g/mol. The third-order valence-corrected chi connectivity index (χ3v) is 7.35. The van der Waals surface area contributed by atoms with Crippen molar-refractivity contribution in [1.82, 2.24) is 13.6 Å². The first kappa shape index (κ1) is 16.8. The van der Waals surface area contributed by atoms with Crippen LogP contribution in [0.1, 0.15) is 31.7 Å². The van der Waals surface area contributed by atoms with Crippen LogP contribution in [0.25, 0.3) is 16.5 Å². The van der Waals surface area contributed by atoms with Crippen molar-refractivity contribution in [2.24, 2.45) is 5.92 Å². The van der Waals surface area contributed by atoms with Gasteiger partial charge < -0.3 is 4.98 Å². The number of aromatic amines is 1. The fraction of sp³-hybridized carbons (Fsp3) is 0.474. The first-order valence-electron chi connectivity index (χ1n) is 9.06. The molecule has 2 aliphatic heterocycles. The zero-order valence-electron chi connectivity index (χ0n) is 14.6. The molecule has 25 heavy (non-hydrogen) atoms. The van der Waals surface area contributed by atoms with E-state index >= 15 is 0 Å². The number of nitrogens with zero attached hydrogens (tertiary/aromatic N) is 2. The van der Waals surface area contributed by atoms with Crippen LogP contribution in [0.3, 0.4) is 0 Å². The van der Waals surface area contributed by atoms with Crippen LogP contribution in [0.15, 0.2) is 36.5 Å². The Morgan fingerprint density at radius 1 is 1.16 bits per heavy atom. The van der Waals surface area contributed by atoms with Crippen molar-refractivity contribution in [3.63, 3.8) is 0 Å². The van der Waals surface area contributed by atoms with Crippen LogP contribution < -0.4 is 0 Å². The Balaban J connectivity index is 1.54. The number of benzene rings is 1. The van der Waals surface area contributed by atoms with Crippen LogP contribution in [0.4, 0.5) is 0 Å². The minimum atomic E-state index is -3.34. The van der Waals surface area contributed by atoms with Gasteiger partial charge in [-0.3, -0.25) is 0 Å². The van der Waals surface area contributed by atoms with Gasteiger partial charge in [0.1, 0.15) is 0 Å². The number of hydrogen-bond donors (Lipinski definition) is 1. The Kier molecular flexibility index (Phi) is 4.43. The van der Waals surface area contributed by atoms with Crippen LogP contribution >= 0.6 is 0 Å². The molecule has 0 aliphatic carbocycles. The standard InChI is InChI=1S/C19H25N3O2S/c1-15-5-4-10-22(14-15)25(23,24)21-11-8-16(9-12-21)18-13-20-19-7-3-2-6-17(18)19/h2-3,6-8,13,15,20H,4-5,9-12,14H2,1H3. The Bertz CT molecular complexity index is 900. The van der Waals surface area contributed by atoms with Gasteiger partial charge in [0.15, 0.2) is 0 Å². The van der Waals surface area contributed by atoms with Crippen LogP contribution in [-0.4, -0.2) is 48.2 Å². The maximum Gasteiger partial charge on any atom is 0.282 e. The molecule has 0 amide bonds. The number of rotatable bonds is 3. The molecule has 5 nitrogen and oxygen atoms in total. The lowest BCUT2D eigenvalue weighted by atomic mass is 10.00. The molecule has 3 heterocycles. The van der Waals surface area contributed by atoms with Crippen molar-refractivity contribution in [3.05, 3.63) is 42.1 Å². The van der Waals surface area contributed by atoms with E-state index in [1.807, 2.05) is 18.3 Å². The predicted molar refractivity (Wildman–Crippen MR) is 101 cm³/mol. The van der Waals surface area contributed by atoms with Gasteiger partial charge >= 0.3 is 0 Å². The molecular formula is C19H25N3O2S. The minimum Gasteiger partial charge on any atom is -0.361 e. The van der Waals surface area contributed by atoms with Crippen LogP contribution in [0.2, 0.25) is 0 Å². The zero-order chi connectivity index (χ0) is 17.4. The zero-order valence-corrected chi connectivity index (χ0v) is 15.4. The van der Waals surface area contributed by atoms with E-state index in [2.05, 4.69) is 30.1 Å². The van der Waals surface area contributed by atoms with E-state index < -0.39 is 10.2 Å². The maximum absolute atomic E-state index is 12.9. The second-order valence-corrected chi connectivity index (χ2v) is 9.13. The first-order chi connectivity index (χ1) is 12.1. The summed E-state index contributed by atoms with van der Waals surface area (Å²) < 4.78 is 29.1. The molecule has 1 aromatic heterocycles. The quantitative estimate of drug-likeness (QED) is 0.915. The Morgan fingerprint density at radius 2 is 2.00 bits per heavy atom. The highest BCUT2D eigenvalue weighted by Gasteiger charge is 2.33. The summed E-state index contributed by atoms with van der Waals surface area (Å²) in [5, 5.41) is 1.20. The molecule has 0 bridgehead atoms. The first-order valence-corrected chi connectivity index (χ1v) is 10.5. The molecule has 6 heteroatoms. The van der Waals surface area contributed by atoms with E-state index in [1.54, 1.807) is 8.61 Å². The number of hydrogen-bond acceptors (Lipinski definition) is 2. The van der Waals surface area contributed by atoms with Gasteiger partial charge in [-0.25, -0.2) is 0 Å². The summed E-state index contributed by atoms with van der Waals surface area (Å²) in [5.41, 5.74) is 3.55. The van der Waals surface area contributed by atoms with Crippen molar-refractivity contribution in [1.29, 1.82) is 0 Å². The van der Waals surface area contributed by atoms with Gasteiger partial charge in [0.2, 0.25) is 0 Å². The second-order valence-electron chi connectivity index (χ2n) is 7.20. The molecule has 134 valence electrons. The normalized spacial score (nSPS) is 23.7. The molecule has 1 unspecified atom stereocenters. The van der Waals surface area contributed by atoms with Crippen molar-refractivity contribution >= 4 is 26.7 Å². The summed E-state index contributed by atoms with van der Waals surface area (Å²) in [7, 11) is -3.34. The van der Waals surface area contributed by atoms with Crippen LogP contribution in [0, 0.1) is 5.92 Å². The summed E-state index contributed by atoms with van der Waals surface area (Å²) in [6.07, 6.45) is 6.95. The lowest BCUT2D eigenvalue weighted by molar-refractivity contribution is 0.260. The predicted octanol–water partition coefficient (Wildman–Crippen LogP) is 3.23. The third kappa shape index (κ3) is 3.14. The molecule has 1 aromatic carbocycles. The fourth-order valence-corrected chi connectivity index (χ4v) is 5.68. The van der Waals surface area contributed by atoms with Gasteiger partial charge in [0.05, 0.1) is 0 Å². The molecule has 1 atom stereocenters. The fourth-order valence-electron chi connectivity index (χ4n) is 3.96. The summed E-state index contributed by atoms with van der Waals surface area (Å²) in [6.45, 7) is 4.45. The molecule has 1 saturated heterocycles. The third-order valence-electron chi connectivity index (χ3n) is 5.38. The highest BCUT2D eigenvalue weighted by molar-refractivity contribution is 7.86. The molecule has 0 radical (unpaired) electrons. The molecule has 1 fully saturated rings. The van der Waals surface area contributed by atoms with Crippen molar-refractivity contribution < 1.29 is 8.42 Å². The van der Waals surface area contributed by atoms with Crippen LogP contribution in [-0.2, 0) is 10.2 Å². The van der Waals surface area contributed by atoms with Gasteiger partial charge in [-0.15, -0.1) is 0 Å². The summed E-state index contributed by atoms with van der Waals surface area (Å²) in [4.78, 5) is 3.30. The van der Waals surface area contributed by atoms with E-state index in [4.69, 9.17) is 0 Å². The van der Waals surface area contributed by atoms with E-state index in [0.717, 1.165) is 24.8 Å². The molecule has 0 saturated carbocycles. The highest BCUT2D eigenvalue weighted by atomic mass is 32.2. The number of nitrogens with one attached hydrogen (secondary N) is 1. The molecule has 2 aromatic rings. The Morgan fingerprint density at radius 3 is 2.76 bits per heavy atom. The van der Waals surface area contributed by atoms with E-state index in [-0.39, 0.29) is 0 Å². The number of fused-ring (bicyclic) bond motifs is 1. The molecule has 4 rings (SSSR count). The molecule has 0 spiro atoms. The lowest BCUT2D eigenvalue weighted by Crippen LogP contribution is -2.48. The number of piperidine rings is 1. The Labute approximate surface area is 149 Å². The Hall–Kier alpha value is -1.63. The second kappa shape index (κ2) is 6.59. The van der Waals surface area contributed by atoms with Gasteiger partial charge in [-0.1, -0.05) is 31.2 Å². The maximum atomic E-state index is 12.9. The summed E-state index contributed by atoms with van der Waals surface area (Å²) in [5.74, 6) is 0.450. The number of aromatic nitrogens is 1. The van der Waals surface area contributed by atoms with Gasteiger partial charge in [-0.05, 0) is 36.8 Å². The highest BCUT2D eigenvalue weighted by Crippen LogP contribution is 2.30. The largest absolute Gasteiger partial charge is 0.361 e. The van der Waals surface area contributed by atoms with Gasteiger partial charge in [0.25, 0.3) is 10.2 Å². The number of para-hydroxylation sites is 1. The van der Waals surface area contributed by atoms with Gasteiger partial charge in [-0.2, -0.15) is 17.0 Å². The average Bonchev–Trinajstić information content (AvgIpc) is 3.06. The van der Waals surface area contributed by atoms with Crippen molar-refractivity contribution in [2.75, 3.05) is 26.2 Å². The SMILES string of the molecule is CC1CCCN(S(=O)(=O)N2CC=C(c3c[nH]c4ccccc34)CC2)C1. The van der Waals surface area contributed by atoms with Crippen molar-refractivity contribution in [2.45, 2.75) is 26.2 Å². The number of H-pyrrole nitrogens is 1. The summed E-state index contributed by atoms with van der Waals surface area (Å²) in [6, 6.07) is 8.24. The van der Waals surface area contributed by atoms with Crippen molar-refractivity contribution in [3.8, 4) is 0 Å². The molecule has 2 aliphatic rings. The smallest absolute Gasteiger partial charge is 0.282 e. The van der Waals surface area contributed by atoms with E-state index in [0.29, 0.717) is 32.1 Å². The summed E-state index contributed by atoms with van der Waals surface area (Å²) >= 11 is 0. The topological polar surface area (TPSA) is 56.4 Å². The van der Waals surface area contributed by atoms with Crippen LogP contribution in [0.5, 0.6) is 0 Å². The van der Waals surface area contributed by atoms with E-state index in [9.17, 15) is 8.42 Å². The molecular weight excluding hydrogens is 334 g/mol.